The Kier molecular flexibility index (Phi) is 3.55. The third-order valence-electron chi connectivity index (χ3n) is 3.55. The summed E-state index contributed by atoms with van der Waals surface area (Å²) in [7, 11) is 1.70. The summed E-state index contributed by atoms with van der Waals surface area (Å²) < 4.78 is 6.28. The molecule has 1 aliphatic heterocycles. The van der Waals surface area contributed by atoms with E-state index in [0.29, 0.717) is 5.41 Å². The lowest BCUT2D eigenvalue weighted by atomic mass is 9.74. The van der Waals surface area contributed by atoms with E-state index >= 15 is 0 Å². The monoisotopic (exact) mass is 283 g/mol. The van der Waals surface area contributed by atoms with Crippen LogP contribution >= 0.6 is 15.9 Å². The van der Waals surface area contributed by atoms with Crippen molar-refractivity contribution in [3.05, 3.63) is 28.2 Å². The second-order valence-corrected chi connectivity index (χ2v) is 5.46. The molecule has 0 aromatic heterocycles. The summed E-state index contributed by atoms with van der Waals surface area (Å²) in [5, 5.41) is 3.37. The van der Waals surface area contributed by atoms with E-state index < -0.39 is 0 Å². The van der Waals surface area contributed by atoms with Crippen molar-refractivity contribution >= 4 is 15.9 Å². The molecule has 88 valence electrons. The van der Waals surface area contributed by atoms with Gasteiger partial charge in [-0.15, -0.1) is 0 Å². The molecule has 0 saturated carbocycles. The maximum atomic E-state index is 5.24. The number of ether oxygens (including phenoxy) is 1. The van der Waals surface area contributed by atoms with Gasteiger partial charge in [0.15, 0.2) is 0 Å². The summed E-state index contributed by atoms with van der Waals surface area (Å²) in [5.41, 5.74) is 1.87. The molecule has 1 aliphatic rings. The van der Waals surface area contributed by atoms with Crippen LogP contribution in [0.15, 0.2) is 22.7 Å². The molecule has 0 bridgehead atoms. The first kappa shape index (κ1) is 11.9. The summed E-state index contributed by atoms with van der Waals surface area (Å²) in [6.07, 6.45) is 2.39. The van der Waals surface area contributed by atoms with Crippen molar-refractivity contribution in [2.24, 2.45) is 5.41 Å². The molecule has 0 amide bonds. The van der Waals surface area contributed by atoms with Crippen LogP contribution in [0.4, 0.5) is 0 Å². The lowest BCUT2D eigenvalue weighted by molar-refractivity contribution is 0.160. The van der Waals surface area contributed by atoms with Crippen LogP contribution in [-0.2, 0) is 6.42 Å². The van der Waals surface area contributed by atoms with Gasteiger partial charge in [-0.25, -0.2) is 0 Å². The zero-order valence-corrected chi connectivity index (χ0v) is 11.4. The molecule has 0 radical (unpaired) electrons. The Morgan fingerprint density at radius 2 is 2.19 bits per heavy atom. The number of benzene rings is 1. The van der Waals surface area contributed by atoms with E-state index in [1.54, 1.807) is 7.11 Å². The summed E-state index contributed by atoms with van der Waals surface area (Å²) in [6.45, 7) is 4.57. The van der Waals surface area contributed by atoms with Crippen LogP contribution in [-0.4, -0.2) is 20.2 Å². The fourth-order valence-electron chi connectivity index (χ4n) is 2.23. The van der Waals surface area contributed by atoms with Gasteiger partial charge in [-0.05, 0) is 51.9 Å². The summed E-state index contributed by atoms with van der Waals surface area (Å²) in [5.74, 6) is 0.904. The number of nitrogens with one attached hydrogen (secondary N) is 1. The molecule has 1 N–H and O–H groups in total. The molecule has 0 spiro atoms. The van der Waals surface area contributed by atoms with Crippen molar-refractivity contribution < 1.29 is 4.74 Å². The summed E-state index contributed by atoms with van der Waals surface area (Å²) in [4.78, 5) is 0. The van der Waals surface area contributed by atoms with Crippen LogP contribution < -0.4 is 10.1 Å². The van der Waals surface area contributed by atoms with Crippen LogP contribution in [0.25, 0.3) is 0 Å². The number of hydrogen-bond acceptors (Lipinski definition) is 2. The van der Waals surface area contributed by atoms with Gasteiger partial charge < -0.3 is 10.1 Å². The number of halogens is 1. The highest BCUT2D eigenvalue weighted by Crippen LogP contribution is 2.33. The number of hydrogen-bond donors (Lipinski definition) is 1. The predicted molar refractivity (Wildman–Crippen MR) is 70.0 cm³/mol. The van der Waals surface area contributed by atoms with E-state index in [-0.39, 0.29) is 0 Å². The van der Waals surface area contributed by atoms with Crippen molar-refractivity contribution in [2.75, 3.05) is 20.2 Å². The van der Waals surface area contributed by atoms with Gasteiger partial charge in [0, 0.05) is 13.1 Å². The van der Waals surface area contributed by atoms with E-state index in [2.05, 4.69) is 40.3 Å². The Morgan fingerprint density at radius 3 is 2.62 bits per heavy atom. The number of rotatable bonds is 4. The third kappa shape index (κ3) is 2.25. The largest absolute Gasteiger partial charge is 0.496 e. The Morgan fingerprint density at radius 1 is 1.44 bits per heavy atom. The standard InChI is InChI=1S/C13H18BrNO/c1-3-13(8-15-9-13)7-10-4-5-12(16-2)11(14)6-10/h4-6,15H,3,7-9H2,1-2H3. The molecule has 2 rings (SSSR count). The van der Waals surface area contributed by atoms with Crippen LogP contribution in [0.2, 0.25) is 0 Å². The highest BCUT2D eigenvalue weighted by atomic mass is 79.9. The van der Waals surface area contributed by atoms with Crippen LogP contribution in [0, 0.1) is 5.41 Å². The van der Waals surface area contributed by atoms with Crippen molar-refractivity contribution in [1.82, 2.24) is 5.32 Å². The van der Waals surface area contributed by atoms with Gasteiger partial charge in [-0.2, -0.15) is 0 Å². The smallest absolute Gasteiger partial charge is 0.133 e. The molecule has 2 nitrogen and oxygen atoms in total. The molecule has 1 fully saturated rings. The van der Waals surface area contributed by atoms with Gasteiger partial charge in [0.05, 0.1) is 11.6 Å². The third-order valence-corrected chi connectivity index (χ3v) is 4.17. The van der Waals surface area contributed by atoms with Crippen LogP contribution in [0.5, 0.6) is 5.75 Å². The molecule has 1 aromatic rings. The van der Waals surface area contributed by atoms with Gasteiger partial charge >= 0.3 is 0 Å². The molecular weight excluding hydrogens is 266 g/mol. The highest BCUT2D eigenvalue weighted by Gasteiger charge is 2.34. The minimum absolute atomic E-state index is 0.480. The van der Waals surface area contributed by atoms with Crippen molar-refractivity contribution in [3.63, 3.8) is 0 Å². The van der Waals surface area contributed by atoms with Crippen molar-refractivity contribution in [3.8, 4) is 5.75 Å². The minimum atomic E-state index is 0.480. The van der Waals surface area contributed by atoms with Gasteiger partial charge in [-0.3, -0.25) is 0 Å². The first-order chi connectivity index (χ1) is 7.69. The molecule has 1 heterocycles. The minimum Gasteiger partial charge on any atom is -0.496 e. The molecule has 0 atom stereocenters. The molecule has 16 heavy (non-hydrogen) atoms. The first-order valence-electron chi connectivity index (χ1n) is 5.72. The zero-order valence-electron chi connectivity index (χ0n) is 9.85. The Bertz CT molecular complexity index is 369. The fraction of sp³-hybridized carbons (Fsp3) is 0.538. The Labute approximate surface area is 106 Å². The molecule has 3 heteroatoms. The van der Waals surface area contributed by atoms with Gasteiger partial charge in [-0.1, -0.05) is 13.0 Å². The number of methoxy groups -OCH3 is 1. The quantitative estimate of drug-likeness (QED) is 0.917. The van der Waals surface area contributed by atoms with E-state index in [4.69, 9.17) is 4.74 Å². The SMILES string of the molecule is CCC1(Cc2ccc(OC)c(Br)c2)CNC1. The highest BCUT2D eigenvalue weighted by molar-refractivity contribution is 9.10. The average molecular weight is 284 g/mol. The normalized spacial score (nSPS) is 17.9. The average Bonchev–Trinajstić information content (AvgIpc) is 2.24. The topological polar surface area (TPSA) is 21.3 Å². The molecule has 1 saturated heterocycles. The Balaban J connectivity index is 2.13. The predicted octanol–water partition coefficient (Wildman–Crippen LogP) is 3.00. The van der Waals surface area contributed by atoms with E-state index in [1.807, 2.05) is 6.07 Å². The second kappa shape index (κ2) is 4.76. The molecule has 1 aromatic carbocycles. The first-order valence-corrected chi connectivity index (χ1v) is 6.51. The van der Waals surface area contributed by atoms with Crippen molar-refractivity contribution in [1.29, 1.82) is 0 Å². The lowest BCUT2D eigenvalue weighted by Crippen LogP contribution is -2.54. The van der Waals surface area contributed by atoms with E-state index in [1.165, 1.54) is 12.0 Å². The van der Waals surface area contributed by atoms with E-state index in [0.717, 1.165) is 29.7 Å². The second-order valence-electron chi connectivity index (χ2n) is 4.60. The maximum absolute atomic E-state index is 5.24. The summed E-state index contributed by atoms with van der Waals surface area (Å²) in [6, 6.07) is 6.38. The summed E-state index contributed by atoms with van der Waals surface area (Å²) >= 11 is 3.54. The zero-order chi connectivity index (χ0) is 11.6. The molecule has 0 unspecified atom stereocenters. The molecular formula is C13H18BrNO. The lowest BCUT2D eigenvalue weighted by Gasteiger charge is -2.42. The van der Waals surface area contributed by atoms with Gasteiger partial charge in [0.2, 0.25) is 0 Å². The van der Waals surface area contributed by atoms with Crippen LogP contribution in [0.3, 0.4) is 0 Å². The van der Waals surface area contributed by atoms with Gasteiger partial charge in [0.25, 0.3) is 0 Å². The van der Waals surface area contributed by atoms with Gasteiger partial charge in [0.1, 0.15) is 5.75 Å². The van der Waals surface area contributed by atoms with E-state index in [9.17, 15) is 0 Å². The molecule has 0 aliphatic carbocycles. The van der Waals surface area contributed by atoms with Crippen LogP contribution in [0.1, 0.15) is 18.9 Å². The fourth-order valence-corrected chi connectivity index (χ4v) is 2.82. The van der Waals surface area contributed by atoms with Crippen molar-refractivity contribution in [2.45, 2.75) is 19.8 Å². The Hall–Kier alpha value is -0.540. The maximum Gasteiger partial charge on any atom is 0.133 e.